The summed E-state index contributed by atoms with van der Waals surface area (Å²) >= 11 is 0. The van der Waals surface area contributed by atoms with Crippen LogP contribution in [0.4, 0.5) is 5.69 Å². The lowest BCUT2D eigenvalue weighted by Gasteiger charge is -2.42. The molecule has 2 aromatic rings. The molecule has 0 atom stereocenters. The Bertz CT molecular complexity index is 707. The van der Waals surface area contributed by atoms with Crippen LogP contribution in [0.3, 0.4) is 0 Å². The van der Waals surface area contributed by atoms with Gasteiger partial charge in [0, 0.05) is 5.39 Å². The molecule has 0 unspecified atom stereocenters. The summed E-state index contributed by atoms with van der Waals surface area (Å²) in [5.41, 5.74) is 3.16. The second kappa shape index (κ2) is 3.87. The smallest absolute Gasteiger partial charge is 0.167 e. The third-order valence-corrected chi connectivity index (χ3v) is 4.44. The Hall–Kier alpha value is -1.77. The first-order valence-electron chi connectivity index (χ1n) is 7.15. The van der Waals surface area contributed by atoms with Gasteiger partial charge in [-0.25, -0.2) is 0 Å². The number of hydrogen-bond acceptors (Lipinski definition) is 3. The summed E-state index contributed by atoms with van der Waals surface area (Å²) in [6.07, 6.45) is 2.62. The van der Waals surface area contributed by atoms with E-state index in [1.807, 2.05) is 33.8 Å². The summed E-state index contributed by atoms with van der Waals surface area (Å²) in [5.74, 6) is 0.224. The number of hydrogen-bond donors (Lipinski definition) is 1. The molecule has 1 aromatic heterocycles. The number of carbonyl (C=O) groups is 1. The number of nitrogens with one attached hydrogen (secondary N) is 1. The predicted molar refractivity (Wildman–Crippen MR) is 81.3 cm³/mol. The lowest BCUT2D eigenvalue weighted by atomic mass is 9.69. The van der Waals surface area contributed by atoms with E-state index in [0.29, 0.717) is 0 Å². The molecule has 3 nitrogen and oxygen atoms in total. The van der Waals surface area contributed by atoms with Crippen LogP contribution in [-0.4, -0.2) is 11.3 Å². The van der Waals surface area contributed by atoms with Crippen LogP contribution < -0.4 is 5.32 Å². The zero-order valence-corrected chi connectivity index (χ0v) is 12.8. The number of aryl methyl sites for hydroxylation is 1. The van der Waals surface area contributed by atoms with Gasteiger partial charge in [-0.15, -0.1) is 0 Å². The van der Waals surface area contributed by atoms with E-state index in [2.05, 4.69) is 18.3 Å². The van der Waals surface area contributed by atoms with Gasteiger partial charge >= 0.3 is 0 Å². The number of rotatable bonds is 1. The molecule has 2 heterocycles. The van der Waals surface area contributed by atoms with E-state index in [9.17, 15) is 4.79 Å². The van der Waals surface area contributed by atoms with Crippen molar-refractivity contribution in [3.63, 3.8) is 0 Å². The average Bonchev–Trinajstić information content (AvgIpc) is 2.85. The zero-order valence-electron chi connectivity index (χ0n) is 12.8. The monoisotopic (exact) mass is 271 g/mol. The average molecular weight is 271 g/mol. The molecule has 106 valence electrons. The van der Waals surface area contributed by atoms with Crippen molar-refractivity contribution >= 4 is 22.4 Å². The molecule has 3 rings (SSSR count). The van der Waals surface area contributed by atoms with Crippen LogP contribution in [0.25, 0.3) is 11.0 Å². The van der Waals surface area contributed by atoms with Gasteiger partial charge in [0.05, 0.1) is 22.9 Å². The molecule has 1 aliphatic heterocycles. The molecule has 3 heteroatoms. The summed E-state index contributed by atoms with van der Waals surface area (Å²) < 4.78 is 5.64. The van der Waals surface area contributed by atoms with Gasteiger partial charge in [-0.1, -0.05) is 6.92 Å². The van der Waals surface area contributed by atoms with Crippen molar-refractivity contribution in [2.75, 3.05) is 5.32 Å². The molecule has 0 saturated carbocycles. The Morgan fingerprint density at radius 2 is 1.95 bits per heavy atom. The zero-order chi connectivity index (χ0) is 14.7. The minimum Gasteiger partial charge on any atom is -0.464 e. The van der Waals surface area contributed by atoms with Crippen LogP contribution >= 0.6 is 0 Å². The van der Waals surface area contributed by atoms with Crippen molar-refractivity contribution in [2.24, 2.45) is 0 Å². The summed E-state index contributed by atoms with van der Waals surface area (Å²) in [6.45, 7) is 10.0. The van der Waals surface area contributed by atoms with Crippen molar-refractivity contribution in [1.82, 2.24) is 0 Å². The molecule has 0 radical (unpaired) electrons. The van der Waals surface area contributed by atoms with Gasteiger partial charge in [-0.2, -0.15) is 0 Å². The largest absolute Gasteiger partial charge is 0.464 e. The Morgan fingerprint density at radius 1 is 1.25 bits per heavy atom. The predicted octanol–water partition coefficient (Wildman–Crippen LogP) is 4.05. The van der Waals surface area contributed by atoms with E-state index in [-0.39, 0.29) is 5.78 Å². The van der Waals surface area contributed by atoms with Gasteiger partial charge in [-0.05, 0) is 57.4 Å². The molecule has 0 aliphatic carbocycles. The molecule has 0 saturated heterocycles. The van der Waals surface area contributed by atoms with Crippen LogP contribution in [-0.2, 0) is 16.6 Å². The second-order valence-electron chi connectivity index (χ2n) is 6.68. The first kappa shape index (κ1) is 13.2. The van der Waals surface area contributed by atoms with Crippen molar-refractivity contribution in [2.45, 2.75) is 52.0 Å². The number of fused-ring (bicyclic) bond motifs is 3. The molecule has 20 heavy (non-hydrogen) atoms. The molecule has 0 fully saturated rings. The van der Waals surface area contributed by atoms with E-state index in [1.54, 1.807) is 6.26 Å². The van der Waals surface area contributed by atoms with Crippen molar-refractivity contribution in [1.29, 1.82) is 0 Å². The van der Waals surface area contributed by atoms with Gasteiger partial charge < -0.3 is 9.73 Å². The van der Waals surface area contributed by atoms with Crippen LogP contribution in [0.2, 0.25) is 0 Å². The first-order valence-corrected chi connectivity index (χ1v) is 7.15. The standard InChI is InChI=1S/C17H21NO2/c1-6-10-9-12-13(11-7-8-20-14(10)11)18-17(4,5)15(19)16(12,2)3/h7-9,18H,6H2,1-5H3. The Labute approximate surface area is 119 Å². The third-order valence-electron chi connectivity index (χ3n) is 4.44. The van der Waals surface area contributed by atoms with Gasteiger partial charge in [0.25, 0.3) is 0 Å². The number of anilines is 1. The van der Waals surface area contributed by atoms with E-state index in [4.69, 9.17) is 4.42 Å². The molecular formula is C17H21NO2. The first-order chi connectivity index (χ1) is 9.29. The van der Waals surface area contributed by atoms with Gasteiger partial charge in [-0.3, -0.25) is 4.79 Å². The maximum atomic E-state index is 12.7. The van der Waals surface area contributed by atoms with Gasteiger partial charge in [0.15, 0.2) is 5.78 Å². The maximum Gasteiger partial charge on any atom is 0.167 e. The topological polar surface area (TPSA) is 42.2 Å². The lowest BCUT2D eigenvalue weighted by molar-refractivity contribution is -0.127. The Morgan fingerprint density at radius 3 is 2.60 bits per heavy atom. The molecule has 1 aliphatic rings. The minimum absolute atomic E-state index is 0.224. The van der Waals surface area contributed by atoms with Crippen LogP contribution in [0, 0.1) is 0 Å². The van der Waals surface area contributed by atoms with E-state index < -0.39 is 11.0 Å². The van der Waals surface area contributed by atoms with Crippen molar-refractivity contribution in [3.05, 3.63) is 29.5 Å². The molecule has 0 bridgehead atoms. The number of carbonyl (C=O) groups excluding carboxylic acids is 1. The molecule has 0 amide bonds. The fraction of sp³-hybridized carbons (Fsp3) is 0.471. The van der Waals surface area contributed by atoms with Crippen LogP contribution in [0.5, 0.6) is 0 Å². The quantitative estimate of drug-likeness (QED) is 0.851. The Kier molecular flexibility index (Phi) is 2.56. The fourth-order valence-electron chi connectivity index (χ4n) is 3.37. The highest BCUT2D eigenvalue weighted by Gasteiger charge is 2.46. The van der Waals surface area contributed by atoms with Crippen molar-refractivity contribution in [3.8, 4) is 0 Å². The highest BCUT2D eigenvalue weighted by Crippen LogP contribution is 2.45. The summed E-state index contributed by atoms with van der Waals surface area (Å²) in [5, 5.41) is 4.49. The van der Waals surface area contributed by atoms with Crippen LogP contribution in [0.1, 0.15) is 45.7 Å². The lowest BCUT2D eigenvalue weighted by Crippen LogP contribution is -2.53. The van der Waals surface area contributed by atoms with E-state index >= 15 is 0 Å². The van der Waals surface area contributed by atoms with Crippen LogP contribution in [0.15, 0.2) is 22.8 Å². The summed E-state index contributed by atoms with van der Waals surface area (Å²) in [4.78, 5) is 12.7. The normalized spacial score (nSPS) is 19.8. The molecular weight excluding hydrogens is 250 g/mol. The molecule has 1 aromatic carbocycles. The third kappa shape index (κ3) is 1.55. The Balaban J connectivity index is 2.40. The number of benzene rings is 1. The second-order valence-corrected chi connectivity index (χ2v) is 6.68. The highest BCUT2D eigenvalue weighted by atomic mass is 16.3. The number of ketones is 1. The highest BCUT2D eigenvalue weighted by molar-refractivity contribution is 6.08. The number of Topliss-reactive ketones (excluding diaryl/α,β-unsaturated/α-hetero) is 1. The van der Waals surface area contributed by atoms with Crippen molar-refractivity contribution < 1.29 is 9.21 Å². The minimum atomic E-state index is -0.561. The van der Waals surface area contributed by atoms with Gasteiger partial charge in [0.1, 0.15) is 5.58 Å². The molecule has 1 N–H and O–H groups in total. The van der Waals surface area contributed by atoms with Gasteiger partial charge in [0.2, 0.25) is 0 Å². The van der Waals surface area contributed by atoms with E-state index in [1.165, 1.54) is 0 Å². The summed E-state index contributed by atoms with van der Waals surface area (Å²) in [6, 6.07) is 4.11. The SMILES string of the molecule is CCc1cc2c(c3ccoc13)NC(C)(C)C(=O)C2(C)C. The van der Waals surface area contributed by atoms with E-state index in [0.717, 1.165) is 34.2 Å². The fourth-order valence-corrected chi connectivity index (χ4v) is 3.37. The maximum absolute atomic E-state index is 12.7. The molecule has 0 spiro atoms. The number of furan rings is 1. The summed E-state index contributed by atoms with van der Waals surface area (Å²) in [7, 11) is 0.